The second kappa shape index (κ2) is 12.6. The van der Waals surface area contributed by atoms with Gasteiger partial charge in [-0.15, -0.1) is 24.0 Å². The monoisotopic (exact) mass is 542 g/mol. The van der Waals surface area contributed by atoms with Crippen LogP contribution in [0.1, 0.15) is 27.2 Å². The van der Waals surface area contributed by atoms with Crippen LogP contribution in [0.15, 0.2) is 23.2 Å². The van der Waals surface area contributed by atoms with Crippen molar-refractivity contribution >= 4 is 59.0 Å². The lowest BCUT2D eigenvalue weighted by Gasteiger charge is -2.20. The summed E-state index contributed by atoms with van der Waals surface area (Å²) in [5.41, 5.74) is 0. The van der Waals surface area contributed by atoms with Crippen LogP contribution in [0.5, 0.6) is 5.75 Å². The molecule has 0 saturated carbocycles. The van der Waals surface area contributed by atoms with Gasteiger partial charge >= 0.3 is 0 Å². The number of likely N-dealkylation sites (tertiary alicyclic amines) is 1. The third kappa shape index (κ3) is 7.48. The maximum absolute atomic E-state index is 12.1. The Morgan fingerprint density at radius 1 is 1.39 bits per heavy atom. The van der Waals surface area contributed by atoms with E-state index >= 15 is 0 Å². The fourth-order valence-corrected chi connectivity index (χ4v) is 3.21. The highest BCUT2D eigenvalue weighted by Crippen LogP contribution is 2.31. The first-order chi connectivity index (χ1) is 12.9. The van der Waals surface area contributed by atoms with E-state index < -0.39 is 0 Å². The zero-order valence-corrected chi connectivity index (χ0v) is 20.3. The Hall–Kier alpha value is -0.930. The highest BCUT2D eigenvalue weighted by Gasteiger charge is 2.27. The molecular weight excluding hydrogens is 514 g/mol. The number of carbonyl (C=O) groups is 1. The highest BCUT2D eigenvalue weighted by atomic mass is 127. The van der Waals surface area contributed by atoms with Gasteiger partial charge in [-0.3, -0.25) is 4.79 Å². The van der Waals surface area contributed by atoms with Crippen LogP contribution in [0.3, 0.4) is 0 Å². The first-order valence-electron chi connectivity index (χ1n) is 9.32. The zero-order valence-electron chi connectivity index (χ0n) is 16.5. The Kier molecular flexibility index (Phi) is 11.3. The van der Waals surface area contributed by atoms with E-state index in [1.54, 1.807) is 18.2 Å². The number of hydrogen-bond acceptors (Lipinski definition) is 3. The van der Waals surface area contributed by atoms with E-state index in [1.807, 2.05) is 25.7 Å². The summed E-state index contributed by atoms with van der Waals surface area (Å²) >= 11 is 12.1. The van der Waals surface area contributed by atoms with E-state index in [9.17, 15) is 4.79 Å². The van der Waals surface area contributed by atoms with Gasteiger partial charge in [-0.05, 0) is 25.5 Å². The van der Waals surface area contributed by atoms with E-state index in [2.05, 4.69) is 15.6 Å². The summed E-state index contributed by atoms with van der Waals surface area (Å²) in [6.45, 7) is 8.98. The molecule has 1 saturated heterocycles. The Morgan fingerprint density at radius 2 is 2.14 bits per heavy atom. The quantitative estimate of drug-likeness (QED) is 0.238. The average molecular weight is 543 g/mol. The Balaban J connectivity index is 0.00000392. The number of ether oxygens (including phenoxy) is 1. The second-order valence-electron chi connectivity index (χ2n) is 6.73. The molecule has 1 aliphatic rings. The minimum atomic E-state index is 0. The molecule has 0 spiro atoms. The number of amides is 1. The molecule has 2 N–H and O–H groups in total. The van der Waals surface area contributed by atoms with E-state index in [1.165, 1.54) is 0 Å². The maximum atomic E-state index is 12.1. The van der Waals surface area contributed by atoms with Crippen molar-refractivity contribution in [1.82, 2.24) is 15.5 Å². The molecule has 0 aromatic heterocycles. The molecule has 2 rings (SSSR count). The van der Waals surface area contributed by atoms with Crippen LogP contribution in [0, 0.1) is 5.92 Å². The van der Waals surface area contributed by atoms with E-state index in [0.717, 1.165) is 25.5 Å². The van der Waals surface area contributed by atoms with Crippen LogP contribution in [0.25, 0.3) is 0 Å². The lowest BCUT2D eigenvalue weighted by atomic mass is 10.2. The predicted octanol–water partition coefficient (Wildman–Crippen LogP) is 3.80. The molecule has 1 unspecified atom stereocenters. The molecule has 1 aliphatic heterocycles. The lowest BCUT2D eigenvalue weighted by molar-refractivity contribution is -0.133. The summed E-state index contributed by atoms with van der Waals surface area (Å²) in [6, 6.07) is 5.49. The molecule has 1 amide bonds. The summed E-state index contributed by atoms with van der Waals surface area (Å²) in [6.07, 6.45) is 0.914. The summed E-state index contributed by atoms with van der Waals surface area (Å²) in [7, 11) is 0. The van der Waals surface area contributed by atoms with Crippen LogP contribution < -0.4 is 15.4 Å². The SMILES string of the molecule is CCNC(=NCCOc1cccc(Cl)c1Cl)NC1CCN(C(=O)C(C)C)C1.I. The van der Waals surface area contributed by atoms with Crippen molar-refractivity contribution in [3.05, 3.63) is 28.2 Å². The number of halogens is 3. The number of hydrogen-bond donors (Lipinski definition) is 2. The molecule has 28 heavy (non-hydrogen) atoms. The Bertz CT molecular complexity index is 673. The van der Waals surface area contributed by atoms with Gasteiger partial charge in [-0.1, -0.05) is 43.1 Å². The topological polar surface area (TPSA) is 66.0 Å². The van der Waals surface area contributed by atoms with Crippen molar-refractivity contribution in [3.8, 4) is 5.75 Å². The van der Waals surface area contributed by atoms with Gasteiger partial charge in [-0.2, -0.15) is 0 Å². The third-order valence-electron chi connectivity index (χ3n) is 4.21. The van der Waals surface area contributed by atoms with Gasteiger partial charge in [0.15, 0.2) is 5.96 Å². The van der Waals surface area contributed by atoms with Gasteiger partial charge in [-0.25, -0.2) is 4.99 Å². The summed E-state index contributed by atoms with van der Waals surface area (Å²) < 4.78 is 5.66. The molecule has 9 heteroatoms. The molecule has 1 aromatic carbocycles. The lowest BCUT2D eigenvalue weighted by Crippen LogP contribution is -2.45. The van der Waals surface area contributed by atoms with Crippen LogP contribution >= 0.6 is 47.2 Å². The smallest absolute Gasteiger partial charge is 0.225 e. The number of guanidine groups is 1. The minimum Gasteiger partial charge on any atom is -0.490 e. The standard InChI is InChI=1S/C19H28Cl2N4O2.HI/c1-4-22-19(24-14-8-10-25(12-14)18(26)13(2)3)23-9-11-27-16-7-5-6-15(20)17(16)21;/h5-7,13-14H,4,8-12H2,1-3H3,(H2,22,23,24);1H. The van der Waals surface area contributed by atoms with Gasteiger partial charge in [0.2, 0.25) is 5.91 Å². The normalized spacial score (nSPS) is 16.7. The van der Waals surface area contributed by atoms with Gasteiger partial charge in [0, 0.05) is 31.6 Å². The van der Waals surface area contributed by atoms with E-state index in [0.29, 0.717) is 35.5 Å². The first-order valence-corrected chi connectivity index (χ1v) is 10.1. The van der Waals surface area contributed by atoms with E-state index in [-0.39, 0.29) is 41.8 Å². The molecule has 158 valence electrons. The summed E-state index contributed by atoms with van der Waals surface area (Å²) in [4.78, 5) is 18.6. The molecule has 6 nitrogen and oxygen atoms in total. The van der Waals surface area contributed by atoms with Crippen molar-refractivity contribution in [2.45, 2.75) is 33.2 Å². The molecule has 1 aromatic rings. The average Bonchev–Trinajstić information content (AvgIpc) is 3.09. The van der Waals surface area contributed by atoms with Gasteiger partial charge < -0.3 is 20.3 Å². The van der Waals surface area contributed by atoms with Crippen LogP contribution in [-0.2, 0) is 4.79 Å². The van der Waals surface area contributed by atoms with Crippen molar-refractivity contribution in [1.29, 1.82) is 0 Å². The first kappa shape index (κ1) is 25.1. The van der Waals surface area contributed by atoms with E-state index in [4.69, 9.17) is 27.9 Å². The second-order valence-corrected chi connectivity index (χ2v) is 7.52. The fraction of sp³-hybridized carbons (Fsp3) is 0.579. The summed E-state index contributed by atoms with van der Waals surface area (Å²) in [5, 5.41) is 7.51. The minimum absolute atomic E-state index is 0. The zero-order chi connectivity index (χ0) is 19.8. The van der Waals surface area contributed by atoms with Crippen molar-refractivity contribution in [2.75, 3.05) is 32.8 Å². The molecule has 0 aliphatic carbocycles. The van der Waals surface area contributed by atoms with Crippen LogP contribution in [0.4, 0.5) is 0 Å². The number of benzene rings is 1. The summed E-state index contributed by atoms with van der Waals surface area (Å²) in [5.74, 6) is 1.51. The molecular formula is C19H29Cl2IN4O2. The highest BCUT2D eigenvalue weighted by molar-refractivity contribution is 14.0. The molecule has 1 heterocycles. The van der Waals surface area contributed by atoms with Crippen LogP contribution in [-0.4, -0.2) is 55.6 Å². The molecule has 0 bridgehead atoms. The maximum Gasteiger partial charge on any atom is 0.225 e. The van der Waals surface area contributed by atoms with Crippen molar-refractivity contribution in [2.24, 2.45) is 10.9 Å². The molecule has 0 radical (unpaired) electrons. The van der Waals surface area contributed by atoms with Crippen LogP contribution in [0.2, 0.25) is 10.0 Å². The van der Waals surface area contributed by atoms with Crippen molar-refractivity contribution < 1.29 is 9.53 Å². The fourth-order valence-electron chi connectivity index (χ4n) is 2.87. The number of aliphatic imine (C=N–C) groups is 1. The number of nitrogens with one attached hydrogen (secondary N) is 2. The largest absolute Gasteiger partial charge is 0.490 e. The Labute approximate surface area is 194 Å². The third-order valence-corrected chi connectivity index (χ3v) is 5.02. The molecule has 1 fully saturated rings. The van der Waals surface area contributed by atoms with Gasteiger partial charge in [0.1, 0.15) is 17.4 Å². The molecule has 1 atom stereocenters. The van der Waals surface area contributed by atoms with Crippen molar-refractivity contribution in [3.63, 3.8) is 0 Å². The number of nitrogens with zero attached hydrogens (tertiary/aromatic N) is 2. The number of carbonyl (C=O) groups excluding carboxylic acids is 1. The predicted molar refractivity (Wildman–Crippen MR) is 126 cm³/mol. The van der Waals surface area contributed by atoms with Gasteiger partial charge in [0.05, 0.1) is 11.6 Å². The Morgan fingerprint density at radius 3 is 2.82 bits per heavy atom. The number of rotatable bonds is 7. The van der Waals surface area contributed by atoms with Gasteiger partial charge in [0.25, 0.3) is 0 Å².